The van der Waals surface area contributed by atoms with E-state index in [0.717, 1.165) is 42.5 Å². The van der Waals surface area contributed by atoms with E-state index in [9.17, 15) is 13.2 Å². The molecule has 7 nitrogen and oxygen atoms in total. The van der Waals surface area contributed by atoms with Crippen LogP contribution >= 0.6 is 11.6 Å². The zero-order valence-corrected chi connectivity index (χ0v) is 18.1. The molecule has 1 aromatic carbocycles. The molecular formula is C20H25ClN4O3S. The van der Waals surface area contributed by atoms with Gasteiger partial charge in [-0.25, -0.2) is 12.7 Å². The van der Waals surface area contributed by atoms with Gasteiger partial charge in [0.15, 0.2) is 0 Å². The fourth-order valence-corrected chi connectivity index (χ4v) is 4.40. The lowest BCUT2D eigenvalue weighted by atomic mass is 10.0. The number of aromatic nitrogens is 1. The van der Waals surface area contributed by atoms with Crippen LogP contribution < -0.4 is 5.32 Å². The Hall–Kier alpha value is -2.00. The van der Waals surface area contributed by atoms with Gasteiger partial charge in [0.05, 0.1) is 21.2 Å². The standard InChI is InChI=1S/C20H25ClN4O3S/c1-24(2)29(27,28)17-6-7-19(21)18(13-17)20(26)23-15-8-11-25(12-9-15)14-16-5-3-4-10-22-16/h3-7,10,13,15H,8-9,11-12,14H2,1-2H3,(H,23,26). The van der Waals surface area contributed by atoms with Gasteiger partial charge in [-0.2, -0.15) is 0 Å². The van der Waals surface area contributed by atoms with Gasteiger partial charge in [0, 0.05) is 46.0 Å². The van der Waals surface area contributed by atoms with E-state index >= 15 is 0 Å². The number of sulfonamides is 1. The Morgan fingerprint density at radius 1 is 1.24 bits per heavy atom. The SMILES string of the molecule is CN(C)S(=O)(=O)c1ccc(Cl)c(C(=O)NC2CCN(Cc3ccccn3)CC2)c1. The van der Waals surface area contributed by atoms with Gasteiger partial charge in [0.1, 0.15) is 0 Å². The number of pyridine rings is 1. The molecule has 0 saturated carbocycles. The van der Waals surface area contributed by atoms with E-state index in [2.05, 4.69) is 15.2 Å². The lowest BCUT2D eigenvalue weighted by molar-refractivity contribution is 0.0908. The van der Waals surface area contributed by atoms with E-state index in [1.807, 2.05) is 18.2 Å². The summed E-state index contributed by atoms with van der Waals surface area (Å²) >= 11 is 6.17. The largest absolute Gasteiger partial charge is 0.349 e. The van der Waals surface area contributed by atoms with Crippen LogP contribution in [0.5, 0.6) is 0 Å². The Balaban J connectivity index is 1.61. The quantitative estimate of drug-likeness (QED) is 0.751. The monoisotopic (exact) mass is 436 g/mol. The number of hydrogen-bond acceptors (Lipinski definition) is 5. The van der Waals surface area contributed by atoms with Crippen molar-refractivity contribution in [3.8, 4) is 0 Å². The first-order valence-corrected chi connectivity index (χ1v) is 11.2. The number of amides is 1. The summed E-state index contributed by atoms with van der Waals surface area (Å²) in [6, 6.07) is 10.1. The van der Waals surface area contributed by atoms with E-state index in [-0.39, 0.29) is 27.4 Å². The molecule has 0 spiro atoms. The van der Waals surface area contributed by atoms with Crippen LogP contribution in [0.2, 0.25) is 5.02 Å². The number of piperidine rings is 1. The maximum atomic E-state index is 12.7. The normalized spacial score (nSPS) is 16.1. The molecule has 1 aromatic heterocycles. The van der Waals surface area contributed by atoms with Crippen molar-refractivity contribution >= 4 is 27.5 Å². The van der Waals surface area contributed by atoms with Crippen molar-refractivity contribution < 1.29 is 13.2 Å². The van der Waals surface area contributed by atoms with Crippen molar-refractivity contribution in [3.05, 3.63) is 58.9 Å². The third kappa shape index (κ3) is 5.33. The summed E-state index contributed by atoms with van der Waals surface area (Å²) in [7, 11) is -0.744. The molecule has 156 valence electrons. The van der Waals surface area contributed by atoms with Gasteiger partial charge in [-0.3, -0.25) is 14.7 Å². The minimum absolute atomic E-state index is 0.0210. The minimum atomic E-state index is -3.64. The Morgan fingerprint density at radius 3 is 2.59 bits per heavy atom. The maximum absolute atomic E-state index is 12.7. The van der Waals surface area contributed by atoms with E-state index in [0.29, 0.717) is 0 Å². The molecule has 0 unspecified atom stereocenters. The van der Waals surface area contributed by atoms with Gasteiger partial charge in [-0.05, 0) is 43.2 Å². The van der Waals surface area contributed by atoms with Crippen molar-refractivity contribution in [1.29, 1.82) is 0 Å². The number of halogens is 1. The summed E-state index contributed by atoms with van der Waals surface area (Å²) in [5.74, 6) is -0.353. The van der Waals surface area contributed by atoms with Crippen LogP contribution in [-0.2, 0) is 16.6 Å². The molecular weight excluding hydrogens is 412 g/mol. The summed E-state index contributed by atoms with van der Waals surface area (Å²) < 4.78 is 25.8. The van der Waals surface area contributed by atoms with Crippen molar-refractivity contribution in [2.45, 2.75) is 30.3 Å². The Morgan fingerprint density at radius 2 is 1.97 bits per heavy atom. The molecule has 1 N–H and O–H groups in total. The Labute approximate surface area is 176 Å². The first-order valence-electron chi connectivity index (χ1n) is 9.42. The number of nitrogens with zero attached hydrogens (tertiary/aromatic N) is 3. The summed E-state index contributed by atoms with van der Waals surface area (Å²) in [6.07, 6.45) is 3.41. The van der Waals surface area contributed by atoms with Crippen molar-refractivity contribution in [2.75, 3.05) is 27.2 Å². The summed E-state index contributed by atoms with van der Waals surface area (Å²) in [5.41, 5.74) is 1.20. The van der Waals surface area contributed by atoms with Crippen molar-refractivity contribution in [3.63, 3.8) is 0 Å². The highest BCUT2D eigenvalue weighted by Gasteiger charge is 2.24. The first-order chi connectivity index (χ1) is 13.8. The highest BCUT2D eigenvalue weighted by Crippen LogP contribution is 2.23. The topological polar surface area (TPSA) is 82.6 Å². The fraction of sp³-hybridized carbons (Fsp3) is 0.400. The fourth-order valence-electron chi connectivity index (χ4n) is 3.27. The predicted octanol–water partition coefficient (Wildman–Crippen LogP) is 2.38. The number of rotatable bonds is 6. The molecule has 9 heteroatoms. The summed E-state index contributed by atoms with van der Waals surface area (Å²) in [6.45, 7) is 2.49. The molecule has 1 aliphatic heterocycles. The lowest BCUT2D eigenvalue weighted by Gasteiger charge is -2.32. The van der Waals surface area contributed by atoms with Gasteiger partial charge < -0.3 is 5.32 Å². The van der Waals surface area contributed by atoms with Gasteiger partial charge in [0.2, 0.25) is 10.0 Å². The molecule has 1 aliphatic rings. The Bertz CT molecular complexity index is 959. The first kappa shape index (κ1) is 21.7. The number of hydrogen-bond donors (Lipinski definition) is 1. The van der Waals surface area contributed by atoms with E-state index in [1.165, 1.54) is 32.3 Å². The molecule has 1 saturated heterocycles. The lowest BCUT2D eigenvalue weighted by Crippen LogP contribution is -2.44. The molecule has 2 aromatic rings. The molecule has 1 fully saturated rings. The Kier molecular flexibility index (Phi) is 6.89. The summed E-state index contributed by atoms with van der Waals surface area (Å²) in [4.78, 5) is 19.4. The highest BCUT2D eigenvalue weighted by molar-refractivity contribution is 7.89. The van der Waals surface area contributed by atoms with Crippen LogP contribution in [0.3, 0.4) is 0 Å². The van der Waals surface area contributed by atoms with Crippen LogP contribution in [0.4, 0.5) is 0 Å². The molecule has 2 heterocycles. The molecule has 0 bridgehead atoms. The number of carbonyl (C=O) groups is 1. The average Bonchev–Trinajstić information content (AvgIpc) is 2.70. The smallest absolute Gasteiger partial charge is 0.253 e. The van der Waals surface area contributed by atoms with Gasteiger partial charge in [-0.15, -0.1) is 0 Å². The van der Waals surface area contributed by atoms with Crippen molar-refractivity contribution in [1.82, 2.24) is 19.5 Å². The average molecular weight is 437 g/mol. The number of carbonyl (C=O) groups excluding carboxylic acids is 1. The van der Waals surface area contributed by atoms with E-state index in [1.54, 1.807) is 6.20 Å². The molecule has 3 rings (SSSR count). The van der Waals surface area contributed by atoms with Crippen LogP contribution in [0.1, 0.15) is 28.9 Å². The predicted molar refractivity (Wildman–Crippen MR) is 112 cm³/mol. The van der Waals surface area contributed by atoms with Gasteiger partial charge >= 0.3 is 0 Å². The molecule has 1 amide bonds. The zero-order valence-electron chi connectivity index (χ0n) is 16.5. The second-order valence-electron chi connectivity index (χ2n) is 7.27. The van der Waals surface area contributed by atoms with Crippen LogP contribution in [0, 0.1) is 0 Å². The van der Waals surface area contributed by atoms with Gasteiger partial charge in [0.25, 0.3) is 5.91 Å². The van der Waals surface area contributed by atoms with Gasteiger partial charge in [-0.1, -0.05) is 17.7 Å². The highest BCUT2D eigenvalue weighted by atomic mass is 35.5. The van der Waals surface area contributed by atoms with E-state index < -0.39 is 10.0 Å². The maximum Gasteiger partial charge on any atom is 0.253 e. The molecule has 0 radical (unpaired) electrons. The zero-order chi connectivity index (χ0) is 21.0. The van der Waals surface area contributed by atoms with Crippen molar-refractivity contribution in [2.24, 2.45) is 0 Å². The number of nitrogens with one attached hydrogen (secondary N) is 1. The summed E-state index contributed by atoms with van der Waals surface area (Å²) in [5, 5.41) is 3.22. The van der Waals surface area contributed by atoms with Crippen LogP contribution in [0.15, 0.2) is 47.5 Å². The number of likely N-dealkylation sites (tertiary alicyclic amines) is 1. The number of benzene rings is 1. The molecule has 0 aliphatic carbocycles. The molecule has 29 heavy (non-hydrogen) atoms. The van der Waals surface area contributed by atoms with Crippen LogP contribution in [0.25, 0.3) is 0 Å². The van der Waals surface area contributed by atoms with E-state index in [4.69, 9.17) is 11.6 Å². The third-order valence-electron chi connectivity index (χ3n) is 5.00. The second-order valence-corrected chi connectivity index (χ2v) is 9.83. The third-order valence-corrected chi connectivity index (χ3v) is 7.14. The second kappa shape index (κ2) is 9.21. The minimum Gasteiger partial charge on any atom is -0.349 e. The molecule has 0 atom stereocenters. The van der Waals surface area contributed by atoms with Crippen LogP contribution in [-0.4, -0.2) is 61.7 Å².